The third kappa shape index (κ3) is 1.09. The van der Waals surface area contributed by atoms with E-state index in [0.717, 1.165) is 27.2 Å². The Morgan fingerprint density at radius 2 is 2.12 bits per heavy atom. The molecule has 0 N–H and O–H groups in total. The Morgan fingerprint density at radius 1 is 1.18 bits per heavy atom. The van der Waals surface area contributed by atoms with Crippen LogP contribution in [-0.2, 0) is 0 Å². The van der Waals surface area contributed by atoms with Crippen molar-refractivity contribution in [1.82, 2.24) is 14.4 Å². The van der Waals surface area contributed by atoms with Gasteiger partial charge in [0.1, 0.15) is 12.4 Å². The fourth-order valence-corrected chi connectivity index (χ4v) is 2.17. The lowest BCUT2D eigenvalue weighted by Crippen LogP contribution is -2.27. The topological polar surface area (TPSA) is 30.2 Å². The van der Waals surface area contributed by atoms with E-state index in [1.54, 1.807) is 0 Å². The number of allylic oxidation sites excluding steroid dienone is 2. The molecular weight excluding hydrogens is 210 g/mol. The number of para-hydroxylation sites is 1. The van der Waals surface area contributed by atoms with Gasteiger partial charge in [-0.05, 0) is 12.1 Å². The summed E-state index contributed by atoms with van der Waals surface area (Å²) in [6.45, 7) is 0. The number of hydrogen-bond acceptors (Lipinski definition) is 2. The van der Waals surface area contributed by atoms with Gasteiger partial charge in [-0.15, -0.1) is 0 Å². The first-order chi connectivity index (χ1) is 8.43. The molecule has 0 amide bonds. The van der Waals surface area contributed by atoms with E-state index in [4.69, 9.17) is 0 Å². The van der Waals surface area contributed by atoms with E-state index in [2.05, 4.69) is 16.0 Å². The molecule has 2 heterocycles. The van der Waals surface area contributed by atoms with E-state index < -0.39 is 0 Å². The highest BCUT2D eigenvalue weighted by Crippen LogP contribution is 2.13. The van der Waals surface area contributed by atoms with Crippen LogP contribution < -0.4 is 10.7 Å². The van der Waals surface area contributed by atoms with Crippen LogP contribution in [0.15, 0.2) is 42.7 Å². The fourth-order valence-electron chi connectivity index (χ4n) is 2.17. The van der Waals surface area contributed by atoms with Crippen molar-refractivity contribution in [1.29, 1.82) is 0 Å². The van der Waals surface area contributed by atoms with E-state index in [1.807, 2.05) is 53.2 Å². The predicted octanol–water partition coefficient (Wildman–Crippen LogP) is 0.890. The Bertz CT molecular complexity index is 885. The van der Waals surface area contributed by atoms with Crippen LogP contribution in [0.4, 0.5) is 0 Å². The van der Waals surface area contributed by atoms with Gasteiger partial charge >= 0.3 is 0 Å². The summed E-state index contributed by atoms with van der Waals surface area (Å²) < 4.78 is 1.98. The Morgan fingerprint density at radius 3 is 3.12 bits per heavy atom. The summed E-state index contributed by atoms with van der Waals surface area (Å²) in [5.74, 6) is 0. The van der Waals surface area contributed by atoms with Gasteiger partial charge in [0.2, 0.25) is 10.7 Å². The van der Waals surface area contributed by atoms with Crippen LogP contribution in [0.25, 0.3) is 28.7 Å². The number of hydrogen-bond donors (Lipinski definition) is 0. The second kappa shape index (κ2) is 3.00. The molecule has 0 saturated carbocycles. The van der Waals surface area contributed by atoms with Gasteiger partial charge in [0.25, 0.3) is 0 Å². The molecule has 1 aliphatic carbocycles. The quantitative estimate of drug-likeness (QED) is 0.525. The predicted molar refractivity (Wildman–Crippen MR) is 66.8 cm³/mol. The molecule has 3 nitrogen and oxygen atoms in total. The van der Waals surface area contributed by atoms with Crippen LogP contribution in [-0.4, -0.2) is 14.4 Å². The molecule has 2 aromatic heterocycles. The van der Waals surface area contributed by atoms with Gasteiger partial charge in [0.05, 0.1) is 23.7 Å². The molecule has 0 saturated heterocycles. The van der Waals surface area contributed by atoms with Gasteiger partial charge in [0, 0.05) is 5.39 Å². The van der Waals surface area contributed by atoms with Gasteiger partial charge in [0.15, 0.2) is 5.65 Å². The zero-order chi connectivity index (χ0) is 11.2. The first-order valence-electron chi connectivity index (χ1n) is 5.46. The van der Waals surface area contributed by atoms with Crippen molar-refractivity contribution in [3.63, 3.8) is 0 Å². The summed E-state index contributed by atoms with van der Waals surface area (Å²) in [5, 5.41) is 2.99. The molecule has 0 bridgehead atoms. The Kier molecular flexibility index (Phi) is 1.52. The molecule has 0 atom stereocenters. The average Bonchev–Trinajstić information content (AvgIpc) is 2.78. The first kappa shape index (κ1) is 8.62. The van der Waals surface area contributed by atoms with Gasteiger partial charge < -0.3 is 0 Å². The van der Waals surface area contributed by atoms with Crippen molar-refractivity contribution in [3.8, 4) is 0 Å². The van der Waals surface area contributed by atoms with Crippen molar-refractivity contribution in [2.75, 3.05) is 0 Å². The standard InChI is InChI=1S/C14H8N3/c1-2-6-11-10(5-1)14-16-12-7-3-4-8-13(12)17(14)9-15-11/h1-7,9H/q+1. The minimum Gasteiger partial charge on any atom is -0.251 e. The van der Waals surface area contributed by atoms with Crippen molar-refractivity contribution in [2.24, 2.45) is 0 Å². The third-order valence-corrected chi connectivity index (χ3v) is 2.97. The summed E-state index contributed by atoms with van der Waals surface area (Å²) in [5.41, 5.74) is 1.91. The summed E-state index contributed by atoms with van der Waals surface area (Å²) in [6, 6.07) is 8.04. The number of aromatic nitrogens is 3. The molecule has 0 spiro atoms. The number of imidazole rings is 1. The van der Waals surface area contributed by atoms with E-state index >= 15 is 0 Å². The number of fused-ring (bicyclic) bond motifs is 5. The molecule has 0 fully saturated rings. The first-order valence-corrected chi connectivity index (χ1v) is 5.46. The molecule has 78 valence electrons. The van der Waals surface area contributed by atoms with Crippen LogP contribution in [0.5, 0.6) is 0 Å². The monoisotopic (exact) mass is 218 g/mol. The Labute approximate surface area is 97.1 Å². The van der Waals surface area contributed by atoms with E-state index in [9.17, 15) is 0 Å². The van der Waals surface area contributed by atoms with E-state index in [-0.39, 0.29) is 0 Å². The molecule has 0 unspecified atom stereocenters. The molecule has 1 aliphatic rings. The lowest BCUT2D eigenvalue weighted by molar-refractivity contribution is 1.08. The molecular formula is C14H8N3+. The zero-order valence-electron chi connectivity index (χ0n) is 8.96. The second-order valence-electron chi connectivity index (χ2n) is 3.97. The highest BCUT2D eigenvalue weighted by Gasteiger charge is 2.11. The van der Waals surface area contributed by atoms with Crippen LogP contribution in [0.1, 0.15) is 0 Å². The van der Waals surface area contributed by atoms with Crippen LogP contribution >= 0.6 is 0 Å². The SMILES string of the molecule is [C+]1=c2c(nc3c4ccccc4ncn23)=CC=C1. The van der Waals surface area contributed by atoms with Crippen LogP contribution in [0.3, 0.4) is 0 Å². The normalized spacial score (nSPS) is 12.9. The number of benzene rings is 1. The number of rotatable bonds is 0. The zero-order valence-corrected chi connectivity index (χ0v) is 8.96. The maximum atomic E-state index is 4.64. The second-order valence-corrected chi connectivity index (χ2v) is 3.97. The maximum absolute atomic E-state index is 4.64. The number of nitrogens with zero attached hydrogens (tertiary/aromatic N) is 3. The maximum Gasteiger partial charge on any atom is 0.243 e. The van der Waals surface area contributed by atoms with Crippen molar-refractivity contribution >= 4 is 28.7 Å². The largest absolute Gasteiger partial charge is 0.251 e. The van der Waals surface area contributed by atoms with Crippen molar-refractivity contribution in [2.45, 2.75) is 0 Å². The third-order valence-electron chi connectivity index (χ3n) is 2.97. The van der Waals surface area contributed by atoms with Gasteiger partial charge in [-0.2, -0.15) is 4.98 Å². The highest BCUT2D eigenvalue weighted by atomic mass is 15.0. The van der Waals surface area contributed by atoms with Gasteiger partial charge in [-0.1, -0.05) is 12.1 Å². The molecule has 17 heavy (non-hydrogen) atoms. The molecule has 3 heteroatoms. The van der Waals surface area contributed by atoms with E-state index in [1.165, 1.54) is 0 Å². The molecule has 0 radical (unpaired) electrons. The summed E-state index contributed by atoms with van der Waals surface area (Å²) in [7, 11) is 0. The summed E-state index contributed by atoms with van der Waals surface area (Å²) >= 11 is 0. The van der Waals surface area contributed by atoms with Crippen molar-refractivity contribution in [3.05, 3.63) is 53.4 Å². The lowest BCUT2D eigenvalue weighted by atomic mass is 10.2. The summed E-state index contributed by atoms with van der Waals surface area (Å²) in [6.07, 6.45) is 10.8. The minimum absolute atomic E-state index is 0.938. The Hall–Kier alpha value is -2.51. The molecule has 4 rings (SSSR count). The molecule has 3 aromatic rings. The van der Waals surface area contributed by atoms with Gasteiger partial charge in [-0.25, -0.2) is 4.98 Å². The molecule has 1 aromatic carbocycles. The highest BCUT2D eigenvalue weighted by molar-refractivity contribution is 5.91. The van der Waals surface area contributed by atoms with E-state index in [0.29, 0.717) is 0 Å². The summed E-state index contributed by atoms with van der Waals surface area (Å²) in [4.78, 5) is 9.07. The Balaban J connectivity index is 2.35. The molecule has 0 aliphatic heterocycles. The van der Waals surface area contributed by atoms with Crippen LogP contribution in [0.2, 0.25) is 0 Å². The minimum atomic E-state index is 0.938. The van der Waals surface area contributed by atoms with Crippen LogP contribution in [0, 0.1) is 0 Å². The van der Waals surface area contributed by atoms with Gasteiger partial charge in [-0.3, -0.25) is 4.40 Å². The van der Waals surface area contributed by atoms with Crippen molar-refractivity contribution < 1.29 is 0 Å². The fraction of sp³-hybridized carbons (Fsp3) is 0. The lowest BCUT2D eigenvalue weighted by Gasteiger charge is -1.96. The average molecular weight is 218 g/mol. The smallest absolute Gasteiger partial charge is 0.243 e.